The van der Waals surface area contributed by atoms with Crippen LogP contribution in [-0.4, -0.2) is 32.5 Å². The Morgan fingerprint density at radius 2 is 2.04 bits per heavy atom. The summed E-state index contributed by atoms with van der Waals surface area (Å²) >= 11 is 0. The average Bonchev–Trinajstić information content (AvgIpc) is 2.73. The summed E-state index contributed by atoms with van der Waals surface area (Å²) in [6.07, 6.45) is 3.10. The predicted octanol–water partition coefficient (Wildman–Crippen LogP) is 1.84. The molecule has 0 saturated heterocycles. The molecule has 6 nitrogen and oxygen atoms in total. The van der Waals surface area contributed by atoms with Crippen molar-refractivity contribution in [1.29, 1.82) is 21.2 Å². The van der Waals surface area contributed by atoms with E-state index in [-0.39, 0.29) is 11.6 Å². The molecule has 1 aromatic rings. The fourth-order valence-corrected chi connectivity index (χ4v) is 4.73. The molecule has 1 aromatic carbocycles. The van der Waals surface area contributed by atoms with Crippen LogP contribution in [0.2, 0.25) is 0 Å². The highest BCUT2D eigenvalue weighted by Gasteiger charge is 2.58. The van der Waals surface area contributed by atoms with Crippen LogP contribution in [0.25, 0.3) is 0 Å². The van der Waals surface area contributed by atoms with Crippen molar-refractivity contribution < 1.29 is 9.64 Å². The third-order valence-electron chi connectivity index (χ3n) is 6.02. The lowest BCUT2D eigenvalue weighted by Crippen LogP contribution is -3.13. The van der Waals surface area contributed by atoms with Crippen LogP contribution in [0.15, 0.2) is 35.9 Å². The molecule has 6 heteroatoms. The van der Waals surface area contributed by atoms with Gasteiger partial charge in [-0.3, -0.25) is 0 Å². The van der Waals surface area contributed by atoms with Crippen LogP contribution in [0.1, 0.15) is 24.8 Å². The second-order valence-corrected chi connectivity index (χ2v) is 7.48. The van der Waals surface area contributed by atoms with Crippen LogP contribution in [0, 0.1) is 56.7 Å². The smallest absolute Gasteiger partial charge is 0.189 e. The van der Waals surface area contributed by atoms with E-state index in [4.69, 9.17) is 10.1 Å². The molecule has 1 aliphatic heterocycles. The number of nitriles is 3. The molecule has 1 saturated carbocycles. The van der Waals surface area contributed by atoms with Crippen LogP contribution in [0.4, 0.5) is 0 Å². The molecule has 1 fully saturated rings. The maximum atomic E-state index is 10.1. The summed E-state index contributed by atoms with van der Waals surface area (Å²) in [5.74, 6) is -0.807. The van der Waals surface area contributed by atoms with Crippen LogP contribution >= 0.6 is 0 Å². The summed E-state index contributed by atoms with van der Waals surface area (Å²) < 4.78 is 5.35. The van der Waals surface area contributed by atoms with Gasteiger partial charge in [0.05, 0.1) is 50.7 Å². The number of nitrogens with one attached hydrogen (secondary N) is 2. The van der Waals surface area contributed by atoms with Gasteiger partial charge in [-0.25, -0.2) is 0 Å². The molecular weight excluding hydrogens is 350 g/mol. The number of methoxy groups -OCH3 is 1. The minimum Gasteiger partial charge on any atom is -0.497 e. The molecule has 1 heterocycles. The maximum Gasteiger partial charge on any atom is 0.189 e. The van der Waals surface area contributed by atoms with Crippen LogP contribution in [-0.2, 0) is 0 Å². The van der Waals surface area contributed by atoms with Crippen molar-refractivity contribution in [3.8, 4) is 24.0 Å². The number of quaternary nitrogens is 1. The van der Waals surface area contributed by atoms with Crippen LogP contribution in [0.3, 0.4) is 0 Å². The van der Waals surface area contributed by atoms with Crippen molar-refractivity contribution >= 4 is 5.71 Å². The molecule has 0 bridgehead atoms. The van der Waals surface area contributed by atoms with Gasteiger partial charge < -0.3 is 15.0 Å². The zero-order chi connectivity index (χ0) is 20.3. The Morgan fingerprint density at radius 1 is 1.29 bits per heavy atom. The van der Waals surface area contributed by atoms with E-state index in [1.165, 1.54) is 4.90 Å². The van der Waals surface area contributed by atoms with Crippen molar-refractivity contribution in [3.63, 3.8) is 0 Å². The third-order valence-corrected chi connectivity index (χ3v) is 6.02. The summed E-state index contributed by atoms with van der Waals surface area (Å²) in [7, 11) is 1.58. The molecule has 4 atom stereocenters. The maximum absolute atomic E-state index is 10.1. The largest absolute Gasteiger partial charge is 0.497 e. The SMILES string of the molecule is CCC[NH+]1CC=C2C(C#N)C(=N)C(C#N)(C#N)[C@@H](c3cccc(OC)c3)[C@@H]2C1. The number of nitrogens with zero attached hydrogens (tertiary/aromatic N) is 3. The van der Waals surface area contributed by atoms with Crippen molar-refractivity contribution in [2.45, 2.75) is 19.3 Å². The van der Waals surface area contributed by atoms with Gasteiger partial charge in [-0.15, -0.1) is 0 Å². The van der Waals surface area contributed by atoms with Gasteiger partial charge in [0.1, 0.15) is 11.7 Å². The molecule has 2 unspecified atom stereocenters. The molecule has 0 aromatic heterocycles. The Bertz CT molecular complexity index is 915. The van der Waals surface area contributed by atoms with Gasteiger partial charge in [-0.05, 0) is 35.8 Å². The molecule has 1 aliphatic carbocycles. The van der Waals surface area contributed by atoms with Gasteiger partial charge in [-0.1, -0.05) is 19.1 Å². The minimum atomic E-state index is -1.66. The van der Waals surface area contributed by atoms with E-state index in [0.717, 1.165) is 37.2 Å². The Morgan fingerprint density at radius 3 is 2.64 bits per heavy atom. The topological polar surface area (TPSA) is 109 Å². The van der Waals surface area contributed by atoms with Gasteiger partial charge >= 0.3 is 0 Å². The highest BCUT2D eigenvalue weighted by molar-refractivity contribution is 6.00. The minimum absolute atomic E-state index is 0.103. The highest BCUT2D eigenvalue weighted by atomic mass is 16.5. The average molecular weight is 374 g/mol. The second kappa shape index (κ2) is 7.85. The third kappa shape index (κ3) is 2.95. The van der Waals surface area contributed by atoms with Gasteiger partial charge in [0, 0.05) is 11.8 Å². The van der Waals surface area contributed by atoms with Crippen molar-refractivity contribution in [1.82, 2.24) is 0 Å². The zero-order valence-electron chi connectivity index (χ0n) is 16.2. The fourth-order valence-electron chi connectivity index (χ4n) is 4.73. The standard InChI is InChI=1S/C22H23N5O/c1-3-8-27-9-7-17-18(11-23)21(26)22(13-24,14-25)20(19(17)12-27)15-5-4-6-16(10-15)28-2/h4-7,10,18-20,26H,3,8-9,12H2,1-2H3/p+1/t18?,19-,20+/m1/s1. The first kappa shape index (κ1) is 19.6. The molecule has 28 heavy (non-hydrogen) atoms. The summed E-state index contributed by atoms with van der Waals surface area (Å²) in [6, 6.07) is 13.9. The lowest BCUT2D eigenvalue weighted by molar-refractivity contribution is -0.899. The monoisotopic (exact) mass is 374 g/mol. The van der Waals surface area contributed by atoms with E-state index in [2.05, 4.69) is 31.2 Å². The van der Waals surface area contributed by atoms with Gasteiger partial charge in [-0.2, -0.15) is 15.8 Å². The molecule has 0 amide bonds. The number of rotatable bonds is 4. The first-order chi connectivity index (χ1) is 13.6. The number of benzene rings is 1. The van der Waals surface area contributed by atoms with E-state index in [0.29, 0.717) is 5.75 Å². The van der Waals surface area contributed by atoms with E-state index in [1.54, 1.807) is 7.11 Å². The van der Waals surface area contributed by atoms with Crippen molar-refractivity contribution in [2.75, 3.05) is 26.7 Å². The number of hydrogen-bond donors (Lipinski definition) is 2. The lowest BCUT2D eigenvalue weighted by atomic mass is 9.54. The fraction of sp³-hybridized carbons (Fsp3) is 0.455. The first-order valence-corrected chi connectivity index (χ1v) is 9.54. The van der Waals surface area contributed by atoms with Gasteiger partial charge in [0.25, 0.3) is 0 Å². The van der Waals surface area contributed by atoms with Gasteiger partial charge in [0.15, 0.2) is 5.41 Å². The van der Waals surface area contributed by atoms with Crippen LogP contribution < -0.4 is 9.64 Å². The number of hydrogen-bond acceptors (Lipinski definition) is 5. The normalized spacial score (nSPS) is 28.1. The van der Waals surface area contributed by atoms with Crippen molar-refractivity contribution in [2.24, 2.45) is 17.3 Å². The van der Waals surface area contributed by atoms with E-state index in [9.17, 15) is 15.8 Å². The summed E-state index contributed by atoms with van der Waals surface area (Å²) in [5, 5.41) is 38.5. The highest BCUT2D eigenvalue weighted by Crippen LogP contribution is 2.52. The summed E-state index contributed by atoms with van der Waals surface area (Å²) in [5.41, 5.74) is -0.0727. The zero-order valence-corrected chi connectivity index (χ0v) is 16.2. The predicted molar refractivity (Wildman–Crippen MR) is 104 cm³/mol. The van der Waals surface area contributed by atoms with Crippen molar-refractivity contribution in [3.05, 3.63) is 41.5 Å². The second-order valence-electron chi connectivity index (χ2n) is 7.48. The first-order valence-electron chi connectivity index (χ1n) is 9.54. The van der Waals surface area contributed by atoms with Crippen LogP contribution in [0.5, 0.6) is 5.75 Å². The molecule has 0 spiro atoms. The molecule has 0 radical (unpaired) electrons. The number of fused-ring (bicyclic) bond motifs is 1. The molecule has 2 N–H and O–H groups in total. The lowest BCUT2D eigenvalue weighted by Gasteiger charge is -2.46. The Labute approximate surface area is 165 Å². The van der Waals surface area contributed by atoms with E-state index >= 15 is 0 Å². The Kier molecular flexibility index (Phi) is 5.50. The number of ether oxygens (including phenoxy) is 1. The molecule has 3 rings (SSSR count). The molecule has 2 aliphatic rings. The molecule has 142 valence electrons. The summed E-state index contributed by atoms with van der Waals surface area (Å²) in [4.78, 5) is 1.37. The Balaban J connectivity index is 2.22. The summed E-state index contributed by atoms with van der Waals surface area (Å²) in [6.45, 7) is 4.68. The van der Waals surface area contributed by atoms with E-state index < -0.39 is 17.3 Å². The Hall–Kier alpha value is -3.14. The molecular formula is C22H24N5O+. The quantitative estimate of drug-likeness (QED) is 0.784. The van der Waals surface area contributed by atoms with Gasteiger partial charge in [0.2, 0.25) is 0 Å². The van der Waals surface area contributed by atoms with E-state index in [1.807, 2.05) is 24.3 Å².